The number of hydrogen-bond acceptors (Lipinski definition) is 3. The van der Waals surface area contributed by atoms with Crippen molar-refractivity contribution in [3.63, 3.8) is 0 Å². The van der Waals surface area contributed by atoms with Crippen LogP contribution in [0.4, 0.5) is 0 Å². The molecule has 86 valence electrons. The van der Waals surface area contributed by atoms with Crippen molar-refractivity contribution < 1.29 is 0 Å². The van der Waals surface area contributed by atoms with Crippen LogP contribution in [0.3, 0.4) is 0 Å². The Kier molecular flexibility index (Phi) is 4.78. The van der Waals surface area contributed by atoms with Crippen LogP contribution in [0.2, 0.25) is 0 Å². The van der Waals surface area contributed by atoms with Crippen LogP contribution >= 0.6 is 0 Å². The number of unbranched alkanes of at least 4 members (excludes halogenated alkanes) is 1. The van der Waals surface area contributed by atoms with Gasteiger partial charge in [-0.05, 0) is 20.0 Å². The molecule has 0 aliphatic heterocycles. The molecule has 0 atom stereocenters. The van der Waals surface area contributed by atoms with Crippen molar-refractivity contribution in [1.82, 2.24) is 14.7 Å². The number of nitrogens with two attached hydrogens (primary N) is 1. The van der Waals surface area contributed by atoms with Gasteiger partial charge in [-0.25, -0.2) is 0 Å². The van der Waals surface area contributed by atoms with Crippen molar-refractivity contribution >= 4 is 0 Å². The summed E-state index contributed by atoms with van der Waals surface area (Å²) in [6, 6.07) is 0. The Morgan fingerprint density at radius 1 is 1.53 bits per heavy atom. The highest BCUT2D eigenvalue weighted by Crippen LogP contribution is 2.09. The molecule has 0 radical (unpaired) electrons. The summed E-state index contributed by atoms with van der Waals surface area (Å²) in [5.74, 6) is 0. The van der Waals surface area contributed by atoms with Gasteiger partial charge in [0.15, 0.2) is 0 Å². The molecular weight excluding hydrogens is 188 g/mol. The third-order valence-corrected chi connectivity index (χ3v) is 2.68. The van der Waals surface area contributed by atoms with E-state index in [-0.39, 0.29) is 0 Å². The van der Waals surface area contributed by atoms with Gasteiger partial charge in [0.05, 0.1) is 11.9 Å². The number of aromatic nitrogens is 2. The summed E-state index contributed by atoms with van der Waals surface area (Å²) in [6.07, 6.45) is 4.34. The number of hydrogen-bond donors (Lipinski definition) is 1. The van der Waals surface area contributed by atoms with E-state index in [9.17, 15) is 0 Å². The van der Waals surface area contributed by atoms with E-state index >= 15 is 0 Å². The lowest BCUT2D eigenvalue weighted by molar-refractivity contribution is 0.310. The van der Waals surface area contributed by atoms with E-state index in [4.69, 9.17) is 5.73 Å². The maximum atomic E-state index is 5.67. The van der Waals surface area contributed by atoms with Crippen molar-refractivity contribution in [2.45, 2.75) is 32.9 Å². The highest BCUT2D eigenvalue weighted by molar-refractivity contribution is 5.17. The summed E-state index contributed by atoms with van der Waals surface area (Å²) in [5.41, 5.74) is 8.05. The van der Waals surface area contributed by atoms with Gasteiger partial charge >= 0.3 is 0 Å². The summed E-state index contributed by atoms with van der Waals surface area (Å²) in [7, 11) is 4.12. The first kappa shape index (κ1) is 12.2. The third-order valence-electron chi connectivity index (χ3n) is 2.68. The van der Waals surface area contributed by atoms with Crippen LogP contribution in [0.1, 0.15) is 31.0 Å². The Labute approximate surface area is 92.1 Å². The fraction of sp³-hybridized carbons (Fsp3) is 0.727. The average Bonchev–Trinajstić information content (AvgIpc) is 2.57. The lowest BCUT2D eigenvalue weighted by atomic mass is 10.2. The lowest BCUT2D eigenvalue weighted by Crippen LogP contribution is -2.21. The molecule has 0 spiro atoms. The number of rotatable bonds is 6. The van der Waals surface area contributed by atoms with Crippen LogP contribution in [0, 0.1) is 0 Å². The molecule has 1 rings (SSSR count). The third kappa shape index (κ3) is 3.32. The van der Waals surface area contributed by atoms with Gasteiger partial charge in [0.1, 0.15) is 0 Å². The van der Waals surface area contributed by atoms with E-state index in [1.54, 1.807) is 0 Å². The molecule has 0 aliphatic carbocycles. The van der Waals surface area contributed by atoms with Gasteiger partial charge < -0.3 is 10.6 Å². The van der Waals surface area contributed by atoms with Crippen molar-refractivity contribution in [3.8, 4) is 0 Å². The fourth-order valence-electron chi connectivity index (χ4n) is 1.65. The number of nitrogens with zero attached hydrogens (tertiary/aromatic N) is 3. The highest BCUT2D eigenvalue weighted by Gasteiger charge is 2.09. The number of aryl methyl sites for hydroxylation is 1. The first-order valence-electron chi connectivity index (χ1n) is 5.57. The Morgan fingerprint density at radius 2 is 2.27 bits per heavy atom. The van der Waals surface area contributed by atoms with Gasteiger partial charge in [0.2, 0.25) is 0 Å². The first-order chi connectivity index (χ1) is 7.19. The topological polar surface area (TPSA) is 47.1 Å². The molecule has 0 saturated carbocycles. The molecule has 1 aromatic rings. The largest absolute Gasteiger partial charge is 0.326 e. The van der Waals surface area contributed by atoms with E-state index in [1.165, 1.54) is 18.5 Å². The monoisotopic (exact) mass is 210 g/mol. The Bertz CT molecular complexity index is 293. The Balaban J connectivity index is 2.58. The summed E-state index contributed by atoms with van der Waals surface area (Å²) in [5, 5.41) is 4.23. The first-order valence-corrected chi connectivity index (χ1v) is 5.57. The molecule has 1 heterocycles. The van der Waals surface area contributed by atoms with E-state index in [2.05, 4.69) is 24.0 Å². The molecule has 0 bridgehead atoms. The Morgan fingerprint density at radius 3 is 2.87 bits per heavy atom. The molecule has 0 aromatic carbocycles. The zero-order valence-corrected chi connectivity index (χ0v) is 10.0. The molecule has 1 aromatic heterocycles. The zero-order valence-electron chi connectivity index (χ0n) is 10.0. The van der Waals surface area contributed by atoms with E-state index in [1.807, 2.05) is 17.9 Å². The predicted molar refractivity (Wildman–Crippen MR) is 62.3 cm³/mol. The van der Waals surface area contributed by atoms with Gasteiger partial charge in [0.25, 0.3) is 0 Å². The molecule has 0 aliphatic rings. The summed E-state index contributed by atoms with van der Waals surface area (Å²) in [6.45, 7) is 4.85. The molecule has 2 N–H and O–H groups in total. The second-order valence-electron chi connectivity index (χ2n) is 4.04. The molecule has 0 unspecified atom stereocenters. The lowest BCUT2D eigenvalue weighted by Gasteiger charge is -2.17. The molecular formula is C11H22N4. The van der Waals surface area contributed by atoms with Crippen LogP contribution in [-0.4, -0.2) is 28.3 Å². The van der Waals surface area contributed by atoms with E-state index in [0.29, 0.717) is 6.54 Å². The maximum absolute atomic E-state index is 5.67. The second-order valence-corrected chi connectivity index (χ2v) is 4.04. The van der Waals surface area contributed by atoms with Crippen molar-refractivity contribution in [1.29, 1.82) is 0 Å². The van der Waals surface area contributed by atoms with Crippen LogP contribution in [0.25, 0.3) is 0 Å². The SMILES string of the molecule is CCCCN(C)Cc1c(CN)cnn1C. The van der Waals surface area contributed by atoms with Crippen LogP contribution in [-0.2, 0) is 20.1 Å². The van der Waals surface area contributed by atoms with Crippen LogP contribution in [0.5, 0.6) is 0 Å². The molecule has 0 saturated heterocycles. The zero-order chi connectivity index (χ0) is 11.3. The molecule has 0 amide bonds. The van der Waals surface area contributed by atoms with Gasteiger partial charge in [0, 0.05) is 25.7 Å². The van der Waals surface area contributed by atoms with Crippen molar-refractivity contribution in [3.05, 3.63) is 17.5 Å². The second kappa shape index (κ2) is 5.88. The van der Waals surface area contributed by atoms with E-state index in [0.717, 1.165) is 18.7 Å². The van der Waals surface area contributed by atoms with Gasteiger partial charge in [-0.2, -0.15) is 5.10 Å². The molecule has 4 heteroatoms. The summed E-state index contributed by atoms with van der Waals surface area (Å²) < 4.78 is 1.92. The standard InChI is InChI=1S/C11H22N4/c1-4-5-6-14(2)9-11-10(7-12)8-13-15(11)3/h8H,4-7,9,12H2,1-3H3. The van der Waals surface area contributed by atoms with Gasteiger partial charge in [-0.1, -0.05) is 13.3 Å². The average molecular weight is 210 g/mol. The fourth-order valence-corrected chi connectivity index (χ4v) is 1.65. The maximum Gasteiger partial charge on any atom is 0.0565 e. The quantitative estimate of drug-likeness (QED) is 0.765. The minimum Gasteiger partial charge on any atom is -0.326 e. The summed E-state index contributed by atoms with van der Waals surface area (Å²) in [4.78, 5) is 2.32. The normalized spacial score (nSPS) is 11.3. The van der Waals surface area contributed by atoms with Crippen molar-refractivity contribution in [2.75, 3.05) is 13.6 Å². The van der Waals surface area contributed by atoms with Crippen LogP contribution in [0.15, 0.2) is 6.20 Å². The summed E-state index contributed by atoms with van der Waals surface area (Å²) >= 11 is 0. The minimum absolute atomic E-state index is 0.574. The molecule has 4 nitrogen and oxygen atoms in total. The highest BCUT2D eigenvalue weighted by atomic mass is 15.3. The Hall–Kier alpha value is -0.870. The van der Waals surface area contributed by atoms with Gasteiger partial charge in [-0.3, -0.25) is 4.68 Å². The molecule has 15 heavy (non-hydrogen) atoms. The minimum atomic E-state index is 0.574. The smallest absolute Gasteiger partial charge is 0.0565 e. The molecule has 0 fully saturated rings. The van der Waals surface area contributed by atoms with Crippen LogP contribution < -0.4 is 5.73 Å². The van der Waals surface area contributed by atoms with Gasteiger partial charge in [-0.15, -0.1) is 0 Å². The van der Waals surface area contributed by atoms with Crippen molar-refractivity contribution in [2.24, 2.45) is 12.8 Å². The van der Waals surface area contributed by atoms with E-state index < -0.39 is 0 Å². The predicted octanol–water partition coefficient (Wildman–Crippen LogP) is 1.11.